The molecule has 1 aromatic carbocycles. The average molecular weight is 318 g/mol. The Morgan fingerprint density at radius 3 is 3.10 bits per heavy atom. The van der Waals surface area contributed by atoms with Gasteiger partial charge in [-0.1, -0.05) is 19.1 Å². The predicted octanol–water partition coefficient (Wildman–Crippen LogP) is 3.56. The number of amides is 1. The smallest absolute Gasteiger partial charge is 0.248 e. The summed E-state index contributed by atoms with van der Waals surface area (Å²) in [6.45, 7) is 3.02. The minimum Gasteiger partial charge on any atom is -0.366 e. The van der Waals surface area contributed by atoms with Crippen LogP contribution >= 0.6 is 23.1 Å². The molecule has 3 nitrogen and oxygen atoms in total. The molecule has 3 rings (SSSR count). The highest BCUT2D eigenvalue weighted by Gasteiger charge is 2.25. The maximum atomic E-state index is 11.2. The number of primary amides is 1. The summed E-state index contributed by atoms with van der Waals surface area (Å²) < 4.78 is 1.43. The first-order valence-electron chi connectivity index (χ1n) is 6.99. The lowest BCUT2D eigenvalue weighted by molar-refractivity contribution is 0.1000. The number of nitrogens with one attached hydrogen (secondary N) is 1. The molecular weight excluding hydrogens is 300 g/mol. The maximum absolute atomic E-state index is 11.2. The third-order valence-electron chi connectivity index (χ3n) is 3.67. The van der Waals surface area contributed by atoms with Crippen molar-refractivity contribution in [2.75, 3.05) is 0 Å². The molecule has 0 fully saturated rings. The van der Waals surface area contributed by atoms with Crippen molar-refractivity contribution >= 4 is 29.0 Å². The molecule has 2 aromatic rings. The van der Waals surface area contributed by atoms with E-state index in [1.54, 1.807) is 6.07 Å². The lowest BCUT2D eigenvalue weighted by Crippen LogP contribution is -2.26. The molecule has 0 spiro atoms. The highest BCUT2D eigenvalue weighted by atomic mass is 32.2. The molecule has 0 radical (unpaired) electrons. The summed E-state index contributed by atoms with van der Waals surface area (Å²) >= 11 is 3.79. The van der Waals surface area contributed by atoms with E-state index in [9.17, 15) is 4.79 Å². The Kier molecular flexibility index (Phi) is 4.33. The molecule has 1 aromatic heterocycles. The number of benzene rings is 1. The summed E-state index contributed by atoms with van der Waals surface area (Å²) in [6, 6.07) is 10.1. The zero-order valence-electron chi connectivity index (χ0n) is 11.8. The van der Waals surface area contributed by atoms with Gasteiger partial charge in [0.1, 0.15) is 0 Å². The molecule has 1 unspecified atom stereocenters. The van der Waals surface area contributed by atoms with Crippen LogP contribution in [0.2, 0.25) is 0 Å². The molecule has 2 heterocycles. The average Bonchev–Trinajstić information content (AvgIpc) is 2.93. The van der Waals surface area contributed by atoms with Crippen LogP contribution in [-0.2, 0) is 6.54 Å². The second-order valence-corrected chi connectivity index (χ2v) is 7.95. The molecule has 1 aliphatic heterocycles. The number of nitrogens with two attached hydrogens (primary N) is 1. The van der Waals surface area contributed by atoms with Gasteiger partial charge in [-0.3, -0.25) is 4.79 Å². The lowest BCUT2D eigenvalue weighted by Gasteiger charge is -2.27. The van der Waals surface area contributed by atoms with Crippen LogP contribution in [0.25, 0.3) is 0 Å². The number of rotatable bonds is 4. The van der Waals surface area contributed by atoms with Crippen LogP contribution in [0.5, 0.6) is 0 Å². The zero-order chi connectivity index (χ0) is 14.8. The fraction of sp³-hybridized carbons (Fsp3) is 0.312. The van der Waals surface area contributed by atoms with Crippen molar-refractivity contribution in [1.29, 1.82) is 0 Å². The van der Waals surface area contributed by atoms with Crippen molar-refractivity contribution in [3.8, 4) is 0 Å². The van der Waals surface area contributed by atoms with Crippen LogP contribution < -0.4 is 11.1 Å². The second kappa shape index (κ2) is 6.22. The van der Waals surface area contributed by atoms with Gasteiger partial charge in [-0.2, -0.15) is 0 Å². The van der Waals surface area contributed by atoms with Gasteiger partial charge in [-0.25, -0.2) is 0 Å². The number of hydrogen-bond donors (Lipinski definition) is 2. The summed E-state index contributed by atoms with van der Waals surface area (Å²) in [5, 5.41) is 6.41. The number of thiophene rings is 1. The van der Waals surface area contributed by atoms with E-state index in [0.29, 0.717) is 16.9 Å². The summed E-state index contributed by atoms with van der Waals surface area (Å²) in [5.41, 5.74) is 8.40. The van der Waals surface area contributed by atoms with Gasteiger partial charge < -0.3 is 11.1 Å². The third kappa shape index (κ3) is 3.31. The Labute approximate surface area is 132 Å². The summed E-state index contributed by atoms with van der Waals surface area (Å²) in [5.74, 6) is -0.375. The van der Waals surface area contributed by atoms with Crippen molar-refractivity contribution < 1.29 is 4.79 Å². The lowest BCUT2D eigenvalue weighted by atomic mass is 10.0. The van der Waals surface area contributed by atoms with Crippen molar-refractivity contribution in [3.05, 3.63) is 52.4 Å². The van der Waals surface area contributed by atoms with E-state index in [2.05, 4.69) is 23.7 Å². The topological polar surface area (TPSA) is 55.1 Å². The van der Waals surface area contributed by atoms with E-state index in [1.165, 1.54) is 9.77 Å². The molecule has 0 saturated carbocycles. The van der Waals surface area contributed by atoms with Crippen LogP contribution in [0.3, 0.4) is 0 Å². The molecule has 1 aliphatic rings. The summed E-state index contributed by atoms with van der Waals surface area (Å²) in [7, 11) is 0. The van der Waals surface area contributed by atoms with Crippen molar-refractivity contribution in [2.45, 2.75) is 35.4 Å². The molecule has 21 heavy (non-hydrogen) atoms. The SMILES string of the molecule is C[C@H]1CC(NCc2cccc(C(N)=O)c2)c2ccsc2S1. The molecule has 2 atom stereocenters. The minimum atomic E-state index is -0.375. The first-order chi connectivity index (χ1) is 10.1. The van der Waals surface area contributed by atoms with Crippen LogP contribution in [0.15, 0.2) is 39.9 Å². The molecular formula is C16H18N2OS2. The van der Waals surface area contributed by atoms with E-state index in [-0.39, 0.29) is 5.91 Å². The number of fused-ring (bicyclic) bond motifs is 1. The van der Waals surface area contributed by atoms with Gasteiger partial charge in [0, 0.05) is 23.4 Å². The first kappa shape index (κ1) is 14.6. The molecule has 0 bridgehead atoms. The predicted molar refractivity (Wildman–Crippen MR) is 88.8 cm³/mol. The summed E-state index contributed by atoms with van der Waals surface area (Å²) in [4.78, 5) is 11.2. The Morgan fingerprint density at radius 1 is 1.43 bits per heavy atom. The second-order valence-electron chi connectivity index (χ2n) is 5.33. The minimum absolute atomic E-state index is 0.375. The molecule has 1 amide bonds. The van der Waals surface area contributed by atoms with Crippen molar-refractivity contribution in [3.63, 3.8) is 0 Å². The number of hydrogen-bond acceptors (Lipinski definition) is 4. The fourth-order valence-corrected chi connectivity index (χ4v) is 5.18. The highest BCUT2D eigenvalue weighted by Crippen LogP contribution is 2.43. The highest BCUT2D eigenvalue weighted by molar-refractivity contribution is 8.01. The van der Waals surface area contributed by atoms with Crippen molar-refractivity contribution in [1.82, 2.24) is 5.32 Å². The Balaban J connectivity index is 1.71. The molecule has 5 heteroatoms. The Morgan fingerprint density at radius 2 is 2.29 bits per heavy atom. The van der Waals surface area contributed by atoms with E-state index < -0.39 is 0 Å². The van der Waals surface area contributed by atoms with Crippen molar-refractivity contribution in [2.24, 2.45) is 5.73 Å². The van der Waals surface area contributed by atoms with Gasteiger partial charge in [0.05, 0.1) is 4.21 Å². The molecule has 110 valence electrons. The van der Waals surface area contributed by atoms with Gasteiger partial charge in [0.2, 0.25) is 5.91 Å². The quantitative estimate of drug-likeness (QED) is 0.906. The van der Waals surface area contributed by atoms with Gasteiger partial charge in [0.15, 0.2) is 0 Å². The first-order valence-corrected chi connectivity index (χ1v) is 8.75. The number of carbonyl (C=O) groups excluding carboxylic acids is 1. The van der Waals surface area contributed by atoms with Gasteiger partial charge in [-0.05, 0) is 41.1 Å². The monoisotopic (exact) mass is 318 g/mol. The van der Waals surface area contributed by atoms with Gasteiger partial charge >= 0.3 is 0 Å². The van der Waals surface area contributed by atoms with E-state index in [1.807, 2.05) is 41.3 Å². The Bertz CT molecular complexity index is 653. The van der Waals surface area contributed by atoms with Crippen LogP contribution in [0, 0.1) is 0 Å². The van der Waals surface area contributed by atoms with Crippen LogP contribution in [0.1, 0.15) is 40.9 Å². The number of carbonyl (C=O) groups is 1. The number of thioether (sulfide) groups is 1. The van der Waals surface area contributed by atoms with Gasteiger partial charge in [-0.15, -0.1) is 23.1 Å². The molecule has 0 saturated heterocycles. The molecule has 3 N–H and O–H groups in total. The van der Waals surface area contributed by atoms with E-state index >= 15 is 0 Å². The standard InChI is InChI=1S/C16H18N2OS2/c1-10-7-14(13-5-6-20-16(13)21-10)18-9-11-3-2-4-12(8-11)15(17)19/h2-6,8,10,14,18H,7,9H2,1H3,(H2,17,19)/t10-,14?/m0/s1. The molecule has 0 aliphatic carbocycles. The van der Waals surface area contributed by atoms with Gasteiger partial charge in [0.25, 0.3) is 0 Å². The largest absolute Gasteiger partial charge is 0.366 e. The van der Waals surface area contributed by atoms with Crippen LogP contribution in [-0.4, -0.2) is 11.2 Å². The maximum Gasteiger partial charge on any atom is 0.248 e. The normalized spacial score (nSPS) is 21.0. The summed E-state index contributed by atoms with van der Waals surface area (Å²) in [6.07, 6.45) is 1.13. The van der Waals surface area contributed by atoms with E-state index in [4.69, 9.17) is 5.73 Å². The van der Waals surface area contributed by atoms with E-state index in [0.717, 1.165) is 18.5 Å². The fourth-order valence-electron chi connectivity index (χ4n) is 2.62. The third-order valence-corrected chi connectivity index (χ3v) is 6.02. The van der Waals surface area contributed by atoms with Crippen LogP contribution in [0.4, 0.5) is 0 Å². The zero-order valence-corrected chi connectivity index (χ0v) is 13.5. The Hall–Kier alpha value is -1.30.